The lowest BCUT2D eigenvalue weighted by Crippen LogP contribution is -2.26. The quantitative estimate of drug-likeness (QED) is 0.862. The number of benzene rings is 1. The number of hydrogen-bond donors (Lipinski definition) is 1. The Bertz CT molecular complexity index is 654. The summed E-state index contributed by atoms with van der Waals surface area (Å²) in [5.74, 6) is -1.11. The van der Waals surface area contributed by atoms with Crippen LogP contribution in [0.2, 0.25) is 0 Å². The number of amides is 1. The second-order valence-electron chi connectivity index (χ2n) is 4.53. The van der Waals surface area contributed by atoms with Crippen molar-refractivity contribution in [1.82, 2.24) is 9.88 Å². The van der Waals surface area contributed by atoms with Crippen molar-refractivity contribution in [1.29, 1.82) is 0 Å². The fraction of sp³-hybridized carbons (Fsp3) is 0.133. The molecule has 108 valence electrons. The number of halogens is 1. The van der Waals surface area contributed by atoms with Gasteiger partial charge >= 0.3 is 5.97 Å². The van der Waals surface area contributed by atoms with Crippen molar-refractivity contribution in [2.75, 3.05) is 7.05 Å². The molecule has 0 aliphatic carbocycles. The zero-order valence-corrected chi connectivity index (χ0v) is 12.9. The smallest absolute Gasteiger partial charge is 0.335 e. The van der Waals surface area contributed by atoms with Gasteiger partial charge < -0.3 is 10.0 Å². The standard InChI is InChI=1S/C15H13BrN2O3/c1-18(14(19)12-6-7-13(16)17-8-12)9-10-2-4-11(5-3-10)15(20)21/h2-8H,9H2,1H3,(H,20,21). The molecule has 0 saturated heterocycles. The summed E-state index contributed by atoms with van der Waals surface area (Å²) in [6, 6.07) is 9.86. The van der Waals surface area contributed by atoms with Crippen molar-refractivity contribution in [2.24, 2.45) is 0 Å². The lowest BCUT2D eigenvalue weighted by atomic mass is 10.1. The van der Waals surface area contributed by atoms with Crippen LogP contribution in [0.1, 0.15) is 26.3 Å². The highest BCUT2D eigenvalue weighted by Gasteiger charge is 2.12. The Balaban J connectivity index is 2.06. The molecule has 21 heavy (non-hydrogen) atoms. The van der Waals surface area contributed by atoms with Gasteiger partial charge in [-0.25, -0.2) is 9.78 Å². The summed E-state index contributed by atoms with van der Waals surface area (Å²) < 4.78 is 0.672. The Morgan fingerprint density at radius 1 is 1.14 bits per heavy atom. The Labute approximate surface area is 130 Å². The van der Waals surface area contributed by atoms with Gasteiger partial charge in [-0.15, -0.1) is 0 Å². The molecule has 0 saturated carbocycles. The van der Waals surface area contributed by atoms with E-state index in [1.165, 1.54) is 18.3 Å². The molecule has 5 nitrogen and oxygen atoms in total. The fourth-order valence-corrected chi connectivity index (χ4v) is 2.06. The highest BCUT2D eigenvalue weighted by Crippen LogP contribution is 2.11. The van der Waals surface area contributed by atoms with E-state index in [-0.39, 0.29) is 11.5 Å². The summed E-state index contributed by atoms with van der Waals surface area (Å²) in [6.45, 7) is 0.398. The van der Waals surface area contributed by atoms with E-state index in [4.69, 9.17) is 5.11 Å². The number of nitrogens with zero attached hydrogens (tertiary/aromatic N) is 2. The van der Waals surface area contributed by atoms with Crippen molar-refractivity contribution >= 4 is 27.8 Å². The predicted octanol–water partition coefficient (Wildman–Crippen LogP) is 2.81. The van der Waals surface area contributed by atoms with E-state index in [1.807, 2.05) is 0 Å². The monoisotopic (exact) mass is 348 g/mol. The van der Waals surface area contributed by atoms with Gasteiger partial charge in [-0.2, -0.15) is 0 Å². The molecular formula is C15H13BrN2O3. The molecule has 0 radical (unpaired) electrons. The number of pyridine rings is 1. The largest absolute Gasteiger partial charge is 0.478 e. The number of aromatic nitrogens is 1. The summed E-state index contributed by atoms with van der Waals surface area (Å²) in [5, 5.41) is 8.84. The van der Waals surface area contributed by atoms with E-state index in [0.29, 0.717) is 16.7 Å². The fourth-order valence-electron chi connectivity index (χ4n) is 1.82. The number of carboxylic acids is 1. The van der Waals surface area contributed by atoms with E-state index in [9.17, 15) is 9.59 Å². The normalized spacial score (nSPS) is 10.2. The van der Waals surface area contributed by atoms with E-state index >= 15 is 0 Å². The Morgan fingerprint density at radius 2 is 1.76 bits per heavy atom. The lowest BCUT2D eigenvalue weighted by molar-refractivity contribution is 0.0695. The number of carbonyl (C=O) groups is 2. The average Bonchev–Trinajstić information content (AvgIpc) is 2.47. The Morgan fingerprint density at radius 3 is 2.29 bits per heavy atom. The van der Waals surface area contributed by atoms with Crippen LogP contribution in [-0.4, -0.2) is 33.9 Å². The van der Waals surface area contributed by atoms with Gasteiger partial charge in [0.25, 0.3) is 5.91 Å². The first kappa shape index (κ1) is 15.2. The van der Waals surface area contributed by atoms with Crippen LogP contribution < -0.4 is 0 Å². The van der Waals surface area contributed by atoms with Crippen LogP contribution in [0.15, 0.2) is 47.2 Å². The molecule has 0 bridgehead atoms. The molecule has 0 fully saturated rings. The van der Waals surface area contributed by atoms with Crippen molar-refractivity contribution in [3.63, 3.8) is 0 Å². The molecule has 1 N–H and O–H groups in total. The average molecular weight is 349 g/mol. The van der Waals surface area contributed by atoms with Crippen LogP contribution in [0.5, 0.6) is 0 Å². The second-order valence-corrected chi connectivity index (χ2v) is 5.35. The van der Waals surface area contributed by atoms with Crippen molar-refractivity contribution < 1.29 is 14.7 Å². The lowest BCUT2D eigenvalue weighted by Gasteiger charge is -2.17. The van der Waals surface area contributed by atoms with E-state index < -0.39 is 5.97 Å². The van der Waals surface area contributed by atoms with Crippen molar-refractivity contribution in [3.8, 4) is 0 Å². The first-order valence-electron chi connectivity index (χ1n) is 6.16. The van der Waals surface area contributed by atoms with Gasteiger partial charge in [0.1, 0.15) is 4.60 Å². The molecule has 0 aliphatic heterocycles. The Kier molecular flexibility index (Phi) is 4.70. The minimum Gasteiger partial charge on any atom is -0.478 e. The molecule has 1 heterocycles. The molecule has 2 rings (SSSR count). The molecule has 0 spiro atoms. The number of rotatable bonds is 4. The molecular weight excluding hydrogens is 336 g/mol. The molecule has 1 amide bonds. The third-order valence-electron chi connectivity index (χ3n) is 2.94. The van der Waals surface area contributed by atoms with E-state index in [0.717, 1.165) is 5.56 Å². The van der Waals surface area contributed by atoms with Crippen LogP contribution in [-0.2, 0) is 6.54 Å². The number of aromatic carboxylic acids is 1. The molecule has 0 atom stereocenters. The molecule has 1 aromatic carbocycles. The molecule has 1 aromatic heterocycles. The van der Waals surface area contributed by atoms with Gasteiger partial charge in [-0.1, -0.05) is 12.1 Å². The molecule has 0 unspecified atom stereocenters. The van der Waals surface area contributed by atoms with E-state index in [2.05, 4.69) is 20.9 Å². The maximum absolute atomic E-state index is 12.2. The van der Waals surface area contributed by atoms with Crippen LogP contribution in [0.25, 0.3) is 0 Å². The first-order chi connectivity index (χ1) is 9.97. The zero-order chi connectivity index (χ0) is 15.4. The third kappa shape index (κ3) is 3.88. The second kappa shape index (κ2) is 6.49. The van der Waals surface area contributed by atoms with Gasteiger partial charge in [0.05, 0.1) is 11.1 Å². The van der Waals surface area contributed by atoms with Crippen LogP contribution in [0.4, 0.5) is 0 Å². The Hall–Kier alpha value is -2.21. The maximum atomic E-state index is 12.2. The summed E-state index contributed by atoms with van der Waals surface area (Å²) in [4.78, 5) is 28.6. The first-order valence-corrected chi connectivity index (χ1v) is 6.96. The summed E-state index contributed by atoms with van der Waals surface area (Å²) in [5.41, 5.74) is 1.59. The summed E-state index contributed by atoms with van der Waals surface area (Å²) in [7, 11) is 1.69. The molecule has 6 heteroatoms. The number of hydrogen-bond acceptors (Lipinski definition) is 3. The van der Waals surface area contributed by atoms with Crippen molar-refractivity contribution in [3.05, 3.63) is 63.9 Å². The molecule has 0 aliphatic rings. The highest BCUT2D eigenvalue weighted by molar-refractivity contribution is 9.10. The minimum absolute atomic E-state index is 0.141. The van der Waals surface area contributed by atoms with Gasteiger partial charge in [0.2, 0.25) is 0 Å². The minimum atomic E-state index is -0.966. The maximum Gasteiger partial charge on any atom is 0.335 e. The summed E-state index contributed by atoms with van der Waals surface area (Å²) >= 11 is 3.22. The van der Waals surface area contributed by atoms with Gasteiger partial charge in [-0.3, -0.25) is 4.79 Å². The van der Waals surface area contributed by atoms with Gasteiger partial charge in [0, 0.05) is 19.8 Å². The SMILES string of the molecule is CN(Cc1ccc(C(=O)O)cc1)C(=O)c1ccc(Br)nc1. The highest BCUT2D eigenvalue weighted by atomic mass is 79.9. The summed E-state index contributed by atoms with van der Waals surface area (Å²) in [6.07, 6.45) is 1.51. The van der Waals surface area contributed by atoms with Crippen LogP contribution >= 0.6 is 15.9 Å². The third-order valence-corrected chi connectivity index (χ3v) is 3.41. The topological polar surface area (TPSA) is 70.5 Å². The van der Waals surface area contributed by atoms with Gasteiger partial charge in [-0.05, 0) is 45.8 Å². The zero-order valence-electron chi connectivity index (χ0n) is 11.3. The molecule has 2 aromatic rings. The predicted molar refractivity (Wildman–Crippen MR) is 81.1 cm³/mol. The number of carbonyl (C=O) groups excluding carboxylic acids is 1. The van der Waals surface area contributed by atoms with E-state index in [1.54, 1.807) is 36.2 Å². The van der Waals surface area contributed by atoms with Gasteiger partial charge in [0.15, 0.2) is 0 Å². The number of carboxylic acid groups (broad SMARTS) is 1. The van der Waals surface area contributed by atoms with Crippen LogP contribution in [0, 0.1) is 0 Å². The van der Waals surface area contributed by atoms with Crippen LogP contribution in [0.3, 0.4) is 0 Å². The van der Waals surface area contributed by atoms with Crippen molar-refractivity contribution in [2.45, 2.75) is 6.54 Å².